The lowest BCUT2D eigenvalue weighted by atomic mass is 10.1. The van der Waals surface area contributed by atoms with E-state index in [2.05, 4.69) is 37.3 Å². The molecule has 3 heteroatoms. The third kappa shape index (κ3) is 3.20. The fourth-order valence-electron chi connectivity index (χ4n) is 1.57. The van der Waals surface area contributed by atoms with Crippen molar-refractivity contribution in [1.82, 2.24) is 10.5 Å². The summed E-state index contributed by atoms with van der Waals surface area (Å²) in [5, 5.41) is 7.41. The molecule has 0 amide bonds. The van der Waals surface area contributed by atoms with Gasteiger partial charge in [0.15, 0.2) is 0 Å². The Kier molecular flexibility index (Phi) is 4.74. The first-order valence-corrected chi connectivity index (χ1v) is 5.90. The molecule has 0 aromatic carbocycles. The first kappa shape index (κ1) is 13.0. The van der Waals surface area contributed by atoms with Crippen molar-refractivity contribution in [3.8, 4) is 0 Å². The molecule has 16 heavy (non-hydrogen) atoms. The lowest BCUT2D eigenvalue weighted by Gasteiger charge is -2.13. The second kappa shape index (κ2) is 5.85. The van der Waals surface area contributed by atoms with Gasteiger partial charge in [-0.2, -0.15) is 0 Å². The van der Waals surface area contributed by atoms with Gasteiger partial charge in [-0.1, -0.05) is 17.7 Å². The van der Waals surface area contributed by atoms with Gasteiger partial charge < -0.3 is 9.84 Å². The van der Waals surface area contributed by atoms with E-state index in [4.69, 9.17) is 4.52 Å². The summed E-state index contributed by atoms with van der Waals surface area (Å²) in [6, 6.07) is 0.397. The van der Waals surface area contributed by atoms with Gasteiger partial charge in [0.25, 0.3) is 0 Å². The van der Waals surface area contributed by atoms with Crippen molar-refractivity contribution in [3.05, 3.63) is 22.6 Å². The number of hydrogen-bond acceptors (Lipinski definition) is 3. The fraction of sp³-hybridized carbons (Fsp3) is 0.615. The molecule has 1 aromatic rings. The molecule has 0 aliphatic heterocycles. The van der Waals surface area contributed by atoms with Crippen molar-refractivity contribution in [2.45, 2.75) is 47.1 Å². The molecule has 0 saturated heterocycles. The van der Waals surface area contributed by atoms with Crippen LogP contribution in [0, 0.1) is 13.8 Å². The molecule has 1 N–H and O–H groups in total. The molecular weight excluding hydrogens is 200 g/mol. The highest BCUT2D eigenvalue weighted by Crippen LogP contribution is 2.17. The van der Waals surface area contributed by atoms with Gasteiger partial charge in [-0.15, -0.1) is 0 Å². The average molecular weight is 222 g/mol. The van der Waals surface area contributed by atoms with E-state index in [9.17, 15) is 0 Å². The molecule has 1 unspecified atom stereocenters. The van der Waals surface area contributed by atoms with Crippen LogP contribution >= 0.6 is 0 Å². The molecule has 1 atom stereocenters. The molecule has 0 radical (unpaired) electrons. The van der Waals surface area contributed by atoms with Crippen LogP contribution in [0.2, 0.25) is 0 Å². The number of nitrogens with one attached hydrogen (secondary N) is 1. The molecule has 90 valence electrons. The smallest absolute Gasteiger partial charge is 0.141 e. The van der Waals surface area contributed by atoms with Crippen LogP contribution in [0.4, 0.5) is 0 Å². The van der Waals surface area contributed by atoms with Crippen molar-refractivity contribution in [3.63, 3.8) is 0 Å². The maximum Gasteiger partial charge on any atom is 0.141 e. The molecule has 1 aromatic heterocycles. The number of nitrogens with zero attached hydrogens (tertiary/aromatic N) is 1. The van der Waals surface area contributed by atoms with Crippen LogP contribution in [-0.4, -0.2) is 17.7 Å². The SMILES string of the molecule is CCCNC(C)C(C)=Cc1c(C)noc1C. The molecule has 0 fully saturated rings. The highest BCUT2D eigenvalue weighted by molar-refractivity contribution is 5.56. The zero-order chi connectivity index (χ0) is 12.1. The lowest BCUT2D eigenvalue weighted by molar-refractivity contribution is 0.393. The molecule has 0 saturated carbocycles. The Morgan fingerprint density at radius 3 is 2.69 bits per heavy atom. The van der Waals surface area contributed by atoms with Crippen LogP contribution in [0.1, 0.15) is 44.2 Å². The van der Waals surface area contributed by atoms with Crippen molar-refractivity contribution in [1.29, 1.82) is 0 Å². The predicted molar refractivity (Wildman–Crippen MR) is 67.4 cm³/mol. The minimum Gasteiger partial charge on any atom is -0.361 e. The zero-order valence-corrected chi connectivity index (χ0v) is 10.9. The molecule has 0 bridgehead atoms. The normalized spacial score (nSPS) is 14.2. The van der Waals surface area contributed by atoms with Crippen LogP contribution < -0.4 is 5.32 Å². The Bertz CT molecular complexity index is 347. The van der Waals surface area contributed by atoms with Gasteiger partial charge in [0, 0.05) is 11.6 Å². The van der Waals surface area contributed by atoms with E-state index in [0.717, 1.165) is 30.0 Å². The van der Waals surface area contributed by atoms with Gasteiger partial charge in [-0.3, -0.25) is 0 Å². The Hall–Kier alpha value is -1.09. The lowest BCUT2D eigenvalue weighted by Crippen LogP contribution is -2.27. The first-order chi connectivity index (χ1) is 7.56. The van der Waals surface area contributed by atoms with Gasteiger partial charge in [0.2, 0.25) is 0 Å². The number of aromatic nitrogens is 1. The van der Waals surface area contributed by atoms with E-state index in [-0.39, 0.29) is 0 Å². The highest BCUT2D eigenvalue weighted by Gasteiger charge is 2.08. The van der Waals surface area contributed by atoms with Gasteiger partial charge in [-0.25, -0.2) is 0 Å². The Morgan fingerprint density at radius 1 is 1.50 bits per heavy atom. The van der Waals surface area contributed by atoms with Gasteiger partial charge >= 0.3 is 0 Å². The summed E-state index contributed by atoms with van der Waals surface area (Å²) in [7, 11) is 0. The average Bonchev–Trinajstić information content (AvgIpc) is 2.57. The quantitative estimate of drug-likeness (QED) is 0.832. The van der Waals surface area contributed by atoms with E-state index in [0.29, 0.717) is 6.04 Å². The Balaban J connectivity index is 2.76. The summed E-state index contributed by atoms with van der Waals surface area (Å²) >= 11 is 0. The summed E-state index contributed by atoms with van der Waals surface area (Å²) < 4.78 is 5.14. The first-order valence-electron chi connectivity index (χ1n) is 5.90. The van der Waals surface area contributed by atoms with Gasteiger partial charge in [0.1, 0.15) is 5.76 Å². The minimum atomic E-state index is 0.397. The van der Waals surface area contributed by atoms with Gasteiger partial charge in [0.05, 0.1) is 5.69 Å². The van der Waals surface area contributed by atoms with Crippen molar-refractivity contribution in [2.24, 2.45) is 0 Å². The predicted octanol–water partition coefficient (Wildman–Crippen LogP) is 3.08. The molecular formula is C13H22N2O. The van der Waals surface area contributed by atoms with E-state index < -0.39 is 0 Å². The number of hydrogen-bond donors (Lipinski definition) is 1. The molecule has 3 nitrogen and oxygen atoms in total. The largest absolute Gasteiger partial charge is 0.361 e. The third-order valence-corrected chi connectivity index (χ3v) is 2.84. The third-order valence-electron chi connectivity index (χ3n) is 2.84. The maximum absolute atomic E-state index is 5.14. The monoisotopic (exact) mass is 222 g/mol. The van der Waals surface area contributed by atoms with Crippen LogP contribution in [0.15, 0.2) is 10.1 Å². The highest BCUT2D eigenvalue weighted by atomic mass is 16.5. The van der Waals surface area contributed by atoms with Crippen molar-refractivity contribution < 1.29 is 4.52 Å². The van der Waals surface area contributed by atoms with Gasteiger partial charge in [-0.05, 0) is 46.7 Å². The summed E-state index contributed by atoms with van der Waals surface area (Å²) in [4.78, 5) is 0. The van der Waals surface area contributed by atoms with E-state index >= 15 is 0 Å². The molecule has 0 spiro atoms. The summed E-state index contributed by atoms with van der Waals surface area (Å²) in [6.45, 7) is 11.5. The molecule has 0 aliphatic carbocycles. The number of rotatable bonds is 5. The van der Waals surface area contributed by atoms with Crippen LogP contribution in [-0.2, 0) is 0 Å². The second-order valence-electron chi connectivity index (χ2n) is 4.30. The van der Waals surface area contributed by atoms with Crippen molar-refractivity contribution >= 4 is 6.08 Å². The topological polar surface area (TPSA) is 38.1 Å². The van der Waals surface area contributed by atoms with Crippen LogP contribution in [0.25, 0.3) is 6.08 Å². The van der Waals surface area contributed by atoms with E-state index in [1.54, 1.807) is 0 Å². The fourth-order valence-corrected chi connectivity index (χ4v) is 1.57. The zero-order valence-electron chi connectivity index (χ0n) is 10.9. The molecule has 1 heterocycles. The van der Waals surface area contributed by atoms with Crippen LogP contribution in [0.3, 0.4) is 0 Å². The standard InChI is InChI=1S/C13H22N2O/c1-6-7-14-10(3)9(2)8-13-11(4)15-16-12(13)5/h8,10,14H,6-7H2,1-5H3. The van der Waals surface area contributed by atoms with Crippen LogP contribution in [0.5, 0.6) is 0 Å². The second-order valence-corrected chi connectivity index (χ2v) is 4.30. The van der Waals surface area contributed by atoms with E-state index in [1.165, 1.54) is 5.57 Å². The van der Waals surface area contributed by atoms with Crippen molar-refractivity contribution in [2.75, 3.05) is 6.54 Å². The molecule has 0 aliphatic rings. The van der Waals surface area contributed by atoms with E-state index in [1.807, 2.05) is 13.8 Å². The maximum atomic E-state index is 5.14. The number of aryl methyl sites for hydroxylation is 2. The summed E-state index contributed by atoms with van der Waals surface area (Å²) in [5.41, 5.74) is 3.38. The molecule has 1 rings (SSSR count). The summed E-state index contributed by atoms with van der Waals surface area (Å²) in [5.74, 6) is 0.888. The Morgan fingerprint density at radius 2 is 2.19 bits per heavy atom. The summed E-state index contributed by atoms with van der Waals surface area (Å²) in [6.07, 6.45) is 3.32. The minimum absolute atomic E-state index is 0.397. The Labute approximate surface area is 97.9 Å².